The van der Waals surface area contributed by atoms with Gasteiger partial charge in [0, 0.05) is 36.9 Å². The van der Waals surface area contributed by atoms with E-state index in [1.807, 2.05) is 12.1 Å². The molecule has 4 nitrogen and oxygen atoms in total. The molecule has 4 heteroatoms. The van der Waals surface area contributed by atoms with Crippen molar-refractivity contribution in [3.05, 3.63) is 42.0 Å². The third-order valence-electron chi connectivity index (χ3n) is 5.91. The van der Waals surface area contributed by atoms with Gasteiger partial charge in [-0.2, -0.15) is 0 Å². The van der Waals surface area contributed by atoms with Crippen molar-refractivity contribution < 1.29 is 14.3 Å². The molecule has 1 aromatic carbocycles. The molecule has 23 heavy (non-hydrogen) atoms. The van der Waals surface area contributed by atoms with E-state index in [1.54, 1.807) is 13.2 Å². The molecule has 0 radical (unpaired) electrons. The molecule has 4 atom stereocenters. The van der Waals surface area contributed by atoms with E-state index in [9.17, 15) is 4.79 Å². The van der Waals surface area contributed by atoms with Crippen LogP contribution in [-0.2, 0) is 16.1 Å². The molecule has 2 fully saturated rings. The van der Waals surface area contributed by atoms with Crippen molar-refractivity contribution in [3.63, 3.8) is 0 Å². The molecule has 1 unspecified atom stereocenters. The minimum atomic E-state index is 0.0276. The van der Waals surface area contributed by atoms with E-state index in [-0.39, 0.29) is 17.3 Å². The predicted octanol–water partition coefficient (Wildman–Crippen LogP) is 2.43. The average molecular weight is 313 g/mol. The smallest absolute Gasteiger partial charge is 0.158 e. The fourth-order valence-corrected chi connectivity index (χ4v) is 4.52. The molecule has 0 amide bonds. The molecule has 2 aliphatic heterocycles. The zero-order chi connectivity index (χ0) is 16.0. The fourth-order valence-electron chi connectivity index (χ4n) is 4.52. The minimum Gasteiger partial charge on any atom is -0.497 e. The topological polar surface area (TPSA) is 38.8 Å². The molecule has 0 N–H and O–H groups in total. The molecule has 0 saturated carbocycles. The summed E-state index contributed by atoms with van der Waals surface area (Å²) >= 11 is 0. The van der Waals surface area contributed by atoms with Gasteiger partial charge in [-0.15, -0.1) is 0 Å². The molecule has 0 bridgehead atoms. The maximum atomic E-state index is 11.7. The summed E-state index contributed by atoms with van der Waals surface area (Å²) in [5.74, 6) is 1.57. The van der Waals surface area contributed by atoms with E-state index in [0.717, 1.165) is 25.4 Å². The summed E-state index contributed by atoms with van der Waals surface area (Å²) in [4.78, 5) is 14.2. The van der Waals surface area contributed by atoms with Crippen molar-refractivity contribution in [2.24, 2.45) is 11.3 Å². The number of likely N-dealkylation sites (tertiary alicyclic amines) is 1. The van der Waals surface area contributed by atoms with Gasteiger partial charge in [0.25, 0.3) is 0 Å². The van der Waals surface area contributed by atoms with Crippen LogP contribution >= 0.6 is 0 Å². The van der Waals surface area contributed by atoms with Crippen LogP contribution < -0.4 is 4.74 Å². The Morgan fingerprint density at radius 3 is 2.87 bits per heavy atom. The van der Waals surface area contributed by atoms with Gasteiger partial charge in [-0.25, -0.2) is 0 Å². The van der Waals surface area contributed by atoms with Gasteiger partial charge in [-0.05, 0) is 30.7 Å². The molecule has 122 valence electrons. The van der Waals surface area contributed by atoms with Crippen LogP contribution in [-0.4, -0.2) is 43.1 Å². The first kappa shape index (κ1) is 14.9. The fraction of sp³-hybridized carbons (Fsp3) is 0.526. The lowest BCUT2D eigenvalue weighted by atomic mass is 9.70. The van der Waals surface area contributed by atoms with E-state index in [2.05, 4.69) is 30.0 Å². The second-order valence-electron chi connectivity index (χ2n) is 7.04. The summed E-state index contributed by atoms with van der Waals surface area (Å²) in [6.07, 6.45) is 4.53. The lowest BCUT2D eigenvalue weighted by Crippen LogP contribution is -2.39. The second kappa shape index (κ2) is 5.46. The summed E-state index contributed by atoms with van der Waals surface area (Å²) in [7, 11) is 1.69. The maximum Gasteiger partial charge on any atom is 0.158 e. The Kier molecular flexibility index (Phi) is 3.54. The predicted molar refractivity (Wildman–Crippen MR) is 87.3 cm³/mol. The lowest BCUT2D eigenvalue weighted by Gasteiger charge is -2.33. The molecule has 3 aliphatic rings. The number of methoxy groups -OCH3 is 1. The lowest BCUT2D eigenvalue weighted by molar-refractivity contribution is -0.118. The number of nitrogens with zero attached hydrogens (tertiary/aromatic N) is 1. The summed E-state index contributed by atoms with van der Waals surface area (Å²) in [5.41, 5.74) is 1.32. The summed E-state index contributed by atoms with van der Waals surface area (Å²) in [5, 5.41) is 0. The van der Waals surface area contributed by atoms with Crippen molar-refractivity contribution in [1.82, 2.24) is 4.90 Å². The molecule has 1 spiro atoms. The number of carbonyl (C=O) groups excluding carboxylic acids is 1. The summed E-state index contributed by atoms with van der Waals surface area (Å²) < 4.78 is 11.2. The van der Waals surface area contributed by atoms with Crippen LogP contribution in [0.1, 0.15) is 18.9 Å². The molecule has 1 aliphatic carbocycles. The highest BCUT2D eigenvalue weighted by molar-refractivity contribution is 5.91. The van der Waals surface area contributed by atoms with E-state index in [0.29, 0.717) is 18.4 Å². The highest BCUT2D eigenvalue weighted by Gasteiger charge is 2.59. The van der Waals surface area contributed by atoms with Crippen molar-refractivity contribution in [1.29, 1.82) is 0 Å². The van der Waals surface area contributed by atoms with E-state index < -0.39 is 0 Å². The van der Waals surface area contributed by atoms with Crippen LogP contribution in [0, 0.1) is 11.3 Å². The summed E-state index contributed by atoms with van der Waals surface area (Å²) in [6, 6.07) is 8.75. The highest BCUT2D eigenvalue weighted by Crippen LogP contribution is 2.52. The van der Waals surface area contributed by atoms with Crippen LogP contribution in [0.5, 0.6) is 5.75 Å². The molecule has 0 aromatic heterocycles. The van der Waals surface area contributed by atoms with Crippen molar-refractivity contribution in [3.8, 4) is 5.75 Å². The van der Waals surface area contributed by atoms with Gasteiger partial charge in [0.15, 0.2) is 5.78 Å². The Balaban J connectivity index is 1.55. The third kappa shape index (κ3) is 2.32. The van der Waals surface area contributed by atoms with Crippen molar-refractivity contribution in [2.75, 3.05) is 20.3 Å². The van der Waals surface area contributed by atoms with Crippen LogP contribution in [0.25, 0.3) is 0 Å². The zero-order valence-corrected chi connectivity index (χ0v) is 13.7. The first-order chi connectivity index (χ1) is 11.1. The Morgan fingerprint density at radius 1 is 1.35 bits per heavy atom. The van der Waals surface area contributed by atoms with Gasteiger partial charge >= 0.3 is 0 Å². The largest absolute Gasteiger partial charge is 0.497 e. The number of ketones is 1. The molecule has 2 heterocycles. The SMILES string of the molecule is COc1ccc(CN2C[C@@]34C=CC(=O)CC3OC[C@@H]4[C@@H]2C)cc1. The van der Waals surface area contributed by atoms with Crippen LogP contribution in [0.4, 0.5) is 0 Å². The normalized spacial score (nSPS) is 36.1. The highest BCUT2D eigenvalue weighted by atomic mass is 16.5. The maximum absolute atomic E-state index is 11.7. The number of benzene rings is 1. The van der Waals surface area contributed by atoms with E-state index in [4.69, 9.17) is 9.47 Å². The van der Waals surface area contributed by atoms with Gasteiger partial charge in [-0.1, -0.05) is 18.2 Å². The number of rotatable bonds is 3. The standard InChI is InChI=1S/C19H23NO3/c1-13-17-11-23-18-9-15(21)7-8-19(17,18)12-20(13)10-14-3-5-16(22-2)6-4-14/h3-8,13,17-18H,9-12H2,1-2H3/t13-,17+,18?,19+/m0/s1. The molecular formula is C19H23NO3. The third-order valence-corrected chi connectivity index (χ3v) is 5.91. The average Bonchev–Trinajstić information content (AvgIpc) is 3.04. The molecule has 4 rings (SSSR count). The Morgan fingerprint density at radius 2 is 2.13 bits per heavy atom. The van der Waals surface area contributed by atoms with E-state index >= 15 is 0 Å². The Labute approximate surface area is 137 Å². The minimum absolute atomic E-state index is 0.0276. The van der Waals surface area contributed by atoms with E-state index in [1.165, 1.54) is 5.56 Å². The van der Waals surface area contributed by atoms with Crippen LogP contribution in [0.2, 0.25) is 0 Å². The number of hydrogen-bond acceptors (Lipinski definition) is 4. The van der Waals surface area contributed by atoms with Gasteiger partial charge < -0.3 is 9.47 Å². The summed E-state index contributed by atoms with van der Waals surface area (Å²) in [6.45, 7) is 4.96. The first-order valence-electron chi connectivity index (χ1n) is 8.33. The number of ether oxygens (including phenoxy) is 2. The number of carbonyl (C=O) groups is 1. The second-order valence-corrected chi connectivity index (χ2v) is 7.04. The Hall–Kier alpha value is -1.65. The van der Waals surface area contributed by atoms with Crippen LogP contribution in [0.15, 0.2) is 36.4 Å². The van der Waals surface area contributed by atoms with Gasteiger partial charge in [0.05, 0.1) is 19.8 Å². The van der Waals surface area contributed by atoms with Crippen LogP contribution in [0.3, 0.4) is 0 Å². The first-order valence-corrected chi connectivity index (χ1v) is 8.33. The van der Waals surface area contributed by atoms with Crippen molar-refractivity contribution in [2.45, 2.75) is 32.0 Å². The van der Waals surface area contributed by atoms with Gasteiger partial charge in [0.2, 0.25) is 0 Å². The van der Waals surface area contributed by atoms with Gasteiger partial charge in [-0.3, -0.25) is 9.69 Å². The van der Waals surface area contributed by atoms with Gasteiger partial charge in [0.1, 0.15) is 5.75 Å². The Bertz CT molecular complexity index is 639. The molecule has 2 saturated heterocycles. The van der Waals surface area contributed by atoms with Crippen molar-refractivity contribution >= 4 is 5.78 Å². The monoisotopic (exact) mass is 313 g/mol. The zero-order valence-electron chi connectivity index (χ0n) is 13.7. The molecule has 1 aromatic rings. The quantitative estimate of drug-likeness (QED) is 0.859. The molecular weight excluding hydrogens is 290 g/mol. The number of allylic oxidation sites excluding steroid dienone is 1. The number of hydrogen-bond donors (Lipinski definition) is 0.